The molecule has 0 bridgehead atoms. The second-order valence-electron chi connectivity index (χ2n) is 3.67. The molecular weight excluding hydrogens is 218 g/mol. The molecule has 3 heteroatoms. The van der Waals surface area contributed by atoms with E-state index in [1.165, 1.54) is 30.3 Å². The number of rotatable bonds is 2. The molecule has 17 heavy (non-hydrogen) atoms. The number of aromatic hydroxyl groups is 2. The first-order chi connectivity index (χ1) is 8.13. The highest BCUT2D eigenvalue weighted by atomic mass is 18.2. The topological polar surface area (TPSA) is 40.5 Å². The van der Waals surface area contributed by atoms with Crippen molar-refractivity contribution in [3.05, 3.63) is 59.4 Å². The van der Waals surface area contributed by atoms with Crippen LogP contribution in [-0.4, -0.2) is 10.2 Å². The van der Waals surface area contributed by atoms with E-state index in [0.717, 1.165) is 5.56 Å². The summed E-state index contributed by atoms with van der Waals surface area (Å²) in [7, 11) is 0. The minimum atomic E-state index is -0.280. The number of hydrogen-bond donors (Lipinski definition) is 2. The molecule has 0 radical (unpaired) electrons. The Hall–Kier alpha value is -2.29. The fraction of sp³-hybridized carbons (Fsp3) is 0. The van der Waals surface area contributed by atoms with Crippen molar-refractivity contribution in [3.63, 3.8) is 0 Å². The molecule has 0 fully saturated rings. The molecule has 2 rings (SSSR count). The van der Waals surface area contributed by atoms with Gasteiger partial charge < -0.3 is 10.2 Å². The summed E-state index contributed by atoms with van der Waals surface area (Å²) in [5.74, 6) is -0.273. The Morgan fingerprint density at radius 2 is 1.29 bits per heavy atom. The van der Waals surface area contributed by atoms with Crippen molar-refractivity contribution < 1.29 is 14.6 Å². The van der Waals surface area contributed by atoms with Gasteiger partial charge in [0.05, 0.1) is 0 Å². The summed E-state index contributed by atoms with van der Waals surface area (Å²) in [5.41, 5.74) is 1.51. The number of benzene rings is 2. The zero-order chi connectivity index (χ0) is 12.3. The van der Waals surface area contributed by atoms with Gasteiger partial charge in [-0.05, 0) is 35.4 Å². The van der Waals surface area contributed by atoms with E-state index in [-0.39, 0.29) is 17.3 Å². The molecule has 0 amide bonds. The molecule has 86 valence electrons. The third kappa shape index (κ3) is 3.08. The summed E-state index contributed by atoms with van der Waals surface area (Å²) >= 11 is 0. The maximum Gasteiger partial charge on any atom is 0.123 e. The maximum absolute atomic E-state index is 12.7. The molecule has 2 aromatic rings. The summed E-state index contributed by atoms with van der Waals surface area (Å²) < 4.78 is 12.7. The van der Waals surface area contributed by atoms with Crippen LogP contribution < -0.4 is 0 Å². The van der Waals surface area contributed by atoms with Crippen LogP contribution in [0.25, 0.3) is 12.2 Å². The van der Waals surface area contributed by atoms with Crippen LogP contribution >= 0.6 is 0 Å². The lowest BCUT2D eigenvalue weighted by atomic mass is 10.1. The molecule has 0 unspecified atom stereocenters. The predicted octanol–water partition coefficient (Wildman–Crippen LogP) is 3.41. The first kappa shape index (κ1) is 11.2. The van der Waals surface area contributed by atoms with Crippen molar-refractivity contribution in [1.29, 1.82) is 0 Å². The van der Waals surface area contributed by atoms with Crippen LogP contribution in [0.3, 0.4) is 0 Å². The van der Waals surface area contributed by atoms with E-state index in [9.17, 15) is 14.6 Å². The van der Waals surface area contributed by atoms with Crippen LogP contribution in [0.5, 0.6) is 11.5 Å². The molecule has 0 aliphatic rings. The summed E-state index contributed by atoms with van der Waals surface area (Å²) in [6, 6.07) is 10.4. The quantitative estimate of drug-likeness (QED) is 0.775. The van der Waals surface area contributed by atoms with Crippen LogP contribution in [0.4, 0.5) is 4.39 Å². The van der Waals surface area contributed by atoms with Gasteiger partial charge in [-0.15, -0.1) is 0 Å². The molecule has 2 N–H and O–H groups in total. The van der Waals surface area contributed by atoms with E-state index in [1.807, 2.05) is 0 Å². The van der Waals surface area contributed by atoms with Gasteiger partial charge in [-0.3, -0.25) is 0 Å². The first-order valence-corrected chi connectivity index (χ1v) is 5.10. The van der Waals surface area contributed by atoms with Crippen molar-refractivity contribution in [1.82, 2.24) is 0 Å². The standard InChI is InChI=1S/C14H11FO2/c15-12-5-3-10(4-6-12)1-2-11-7-13(16)9-14(17)8-11/h1-9,16-17H/b2-1+/i15-1. The largest absolute Gasteiger partial charge is 0.508 e. The number of halogens is 1. The third-order valence-electron chi connectivity index (χ3n) is 2.26. The van der Waals surface area contributed by atoms with Gasteiger partial charge in [0, 0.05) is 6.07 Å². The van der Waals surface area contributed by atoms with E-state index in [0.29, 0.717) is 5.56 Å². The zero-order valence-electron chi connectivity index (χ0n) is 8.97. The molecule has 0 aliphatic heterocycles. The van der Waals surface area contributed by atoms with Crippen molar-refractivity contribution in [3.8, 4) is 11.5 Å². The maximum atomic E-state index is 12.7. The van der Waals surface area contributed by atoms with E-state index in [1.54, 1.807) is 24.3 Å². The number of phenols is 2. The highest BCUT2D eigenvalue weighted by Gasteiger charge is 1.96. The molecule has 0 saturated carbocycles. The number of hydrogen-bond acceptors (Lipinski definition) is 2. The fourth-order valence-electron chi connectivity index (χ4n) is 1.48. The molecule has 0 heterocycles. The summed E-state index contributed by atoms with van der Waals surface area (Å²) in [5, 5.41) is 18.6. The van der Waals surface area contributed by atoms with Gasteiger partial charge in [0.1, 0.15) is 17.3 Å². The highest BCUT2D eigenvalue weighted by molar-refractivity contribution is 5.70. The minimum Gasteiger partial charge on any atom is -0.508 e. The van der Waals surface area contributed by atoms with Gasteiger partial charge in [-0.25, -0.2) is 4.39 Å². The van der Waals surface area contributed by atoms with E-state index < -0.39 is 0 Å². The van der Waals surface area contributed by atoms with E-state index >= 15 is 0 Å². The third-order valence-corrected chi connectivity index (χ3v) is 2.26. The van der Waals surface area contributed by atoms with Gasteiger partial charge in [-0.1, -0.05) is 24.3 Å². The summed E-state index contributed by atoms with van der Waals surface area (Å²) in [6.45, 7) is 0. The molecule has 0 saturated heterocycles. The Morgan fingerprint density at radius 3 is 1.88 bits per heavy atom. The van der Waals surface area contributed by atoms with Crippen molar-refractivity contribution in [2.45, 2.75) is 0 Å². The summed E-state index contributed by atoms with van der Waals surface area (Å²) in [4.78, 5) is 0. The van der Waals surface area contributed by atoms with Crippen LogP contribution in [0.2, 0.25) is 0 Å². The Bertz CT molecular complexity index is 524. The van der Waals surface area contributed by atoms with Gasteiger partial charge in [0.25, 0.3) is 0 Å². The van der Waals surface area contributed by atoms with Crippen molar-refractivity contribution in [2.75, 3.05) is 0 Å². The lowest BCUT2D eigenvalue weighted by Crippen LogP contribution is -1.76. The monoisotopic (exact) mass is 229 g/mol. The van der Waals surface area contributed by atoms with Crippen LogP contribution in [0, 0.1) is 5.82 Å². The van der Waals surface area contributed by atoms with E-state index in [2.05, 4.69) is 0 Å². The van der Waals surface area contributed by atoms with Crippen LogP contribution in [0.15, 0.2) is 42.5 Å². The minimum absolute atomic E-state index is 0.00348. The Labute approximate surface area is 98.3 Å². The zero-order valence-corrected chi connectivity index (χ0v) is 8.97. The lowest BCUT2D eigenvalue weighted by Gasteiger charge is -1.98. The molecule has 0 aromatic heterocycles. The molecule has 0 atom stereocenters. The van der Waals surface area contributed by atoms with Crippen LogP contribution in [0.1, 0.15) is 11.1 Å². The molecule has 2 aromatic carbocycles. The average Bonchev–Trinajstić information content (AvgIpc) is 2.27. The second-order valence-corrected chi connectivity index (χ2v) is 3.67. The van der Waals surface area contributed by atoms with Crippen molar-refractivity contribution >= 4 is 12.2 Å². The molecule has 2 nitrogen and oxygen atoms in total. The normalized spacial score (nSPS) is 10.9. The smallest absolute Gasteiger partial charge is 0.123 e. The predicted molar refractivity (Wildman–Crippen MR) is 65.1 cm³/mol. The molecular formula is C14H11FO2. The fourth-order valence-corrected chi connectivity index (χ4v) is 1.48. The van der Waals surface area contributed by atoms with Gasteiger partial charge in [-0.2, -0.15) is 0 Å². The average molecular weight is 229 g/mol. The SMILES string of the molecule is Oc1cc(O)cc(/C=C/c2ccc([18F])cc2)c1. The van der Waals surface area contributed by atoms with Crippen LogP contribution in [-0.2, 0) is 0 Å². The summed E-state index contributed by atoms with van der Waals surface area (Å²) in [6.07, 6.45) is 3.50. The Balaban J connectivity index is 2.22. The first-order valence-electron chi connectivity index (χ1n) is 5.10. The van der Waals surface area contributed by atoms with E-state index in [4.69, 9.17) is 0 Å². The molecule has 0 spiro atoms. The Kier molecular flexibility index (Phi) is 3.10. The lowest BCUT2D eigenvalue weighted by molar-refractivity contribution is 0.450. The number of phenolic OH excluding ortho intramolecular Hbond substituents is 2. The Morgan fingerprint density at radius 1 is 0.765 bits per heavy atom. The second kappa shape index (κ2) is 4.70. The molecule has 0 aliphatic carbocycles. The highest BCUT2D eigenvalue weighted by Crippen LogP contribution is 2.21. The van der Waals surface area contributed by atoms with Gasteiger partial charge >= 0.3 is 0 Å². The van der Waals surface area contributed by atoms with Gasteiger partial charge in [0.2, 0.25) is 0 Å². The van der Waals surface area contributed by atoms with Gasteiger partial charge in [0.15, 0.2) is 0 Å². The van der Waals surface area contributed by atoms with Crippen molar-refractivity contribution in [2.24, 2.45) is 0 Å².